The smallest absolute Gasteiger partial charge is 0.274 e. The first-order chi connectivity index (χ1) is 14.1. The predicted molar refractivity (Wildman–Crippen MR) is 112 cm³/mol. The van der Waals surface area contributed by atoms with Gasteiger partial charge in [-0.05, 0) is 48.9 Å². The molecule has 0 bridgehead atoms. The van der Waals surface area contributed by atoms with Crippen LogP contribution in [0.5, 0.6) is 5.75 Å². The Balaban J connectivity index is 1.67. The lowest BCUT2D eigenvalue weighted by molar-refractivity contribution is 0.0779. The van der Waals surface area contributed by atoms with Crippen LogP contribution in [0.3, 0.4) is 0 Å². The first kappa shape index (κ1) is 20.1. The van der Waals surface area contributed by atoms with Gasteiger partial charge < -0.3 is 15.0 Å². The highest BCUT2D eigenvalue weighted by molar-refractivity contribution is 6.03. The number of ether oxygens (including phenoxy) is 1. The molecule has 6 heteroatoms. The van der Waals surface area contributed by atoms with Gasteiger partial charge in [0.2, 0.25) is 0 Å². The largest absolute Gasteiger partial charge is 0.494 e. The van der Waals surface area contributed by atoms with Crippen molar-refractivity contribution < 1.29 is 14.3 Å². The van der Waals surface area contributed by atoms with Gasteiger partial charge in [-0.1, -0.05) is 36.4 Å². The third-order valence-electron chi connectivity index (χ3n) is 4.23. The van der Waals surface area contributed by atoms with Crippen LogP contribution in [-0.2, 0) is 6.54 Å². The molecule has 29 heavy (non-hydrogen) atoms. The van der Waals surface area contributed by atoms with E-state index in [1.54, 1.807) is 54.4 Å². The molecule has 0 unspecified atom stereocenters. The number of amides is 2. The van der Waals surface area contributed by atoms with Crippen LogP contribution in [0.4, 0.5) is 5.69 Å². The van der Waals surface area contributed by atoms with Crippen molar-refractivity contribution in [1.82, 2.24) is 9.88 Å². The lowest BCUT2D eigenvalue weighted by Gasteiger charge is -2.17. The van der Waals surface area contributed by atoms with E-state index < -0.39 is 0 Å². The Hall–Kier alpha value is -3.67. The van der Waals surface area contributed by atoms with Crippen molar-refractivity contribution in [3.8, 4) is 5.75 Å². The number of hydrogen-bond donors (Lipinski definition) is 1. The first-order valence-corrected chi connectivity index (χ1v) is 9.37. The number of aromatic nitrogens is 1. The van der Waals surface area contributed by atoms with E-state index in [1.807, 2.05) is 37.3 Å². The molecule has 0 aliphatic heterocycles. The van der Waals surface area contributed by atoms with E-state index in [9.17, 15) is 9.59 Å². The summed E-state index contributed by atoms with van der Waals surface area (Å²) in [7, 11) is 1.71. The minimum Gasteiger partial charge on any atom is -0.494 e. The minimum atomic E-state index is -0.380. The highest BCUT2D eigenvalue weighted by atomic mass is 16.5. The number of hydrogen-bond acceptors (Lipinski definition) is 4. The third kappa shape index (κ3) is 5.42. The molecule has 0 fully saturated rings. The lowest BCUT2D eigenvalue weighted by atomic mass is 10.2. The summed E-state index contributed by atoms with van der Waals surface area (Å²) in [5.74, 6) is 0.108. The maximum Gasteiger partial charge on any atom is 0.274 e. The first-order valence-electron chi connectivity index (χ1n) is 9.37. The van der Waals surface area contributed by atoms with Crippen LogP contribution in [-0.4, -0.2) is 35.4 Å². The van der Waals surface area contributed by atoms with E-state index in [0.717, 1.165) is 11.3 Å². The van der Waals surface area contributed by atoms with Crippen molar-refractivity contribution in [2.45, 2.75) is 13.5 Å². The summed E-state index contributed by atoms with van der Waals surface area (Å²) < 4.78 is 5.39. The maximum atomic E-state index is 12.7. The van der Waals surface area contributed by atoms with Crippen molar-refractivity contribution in [2.24, 2.45) is 0 Å². The number of anilines is 1. The molecule has 3 aromatic rings. The van der Waals surface area contributed by atoms with Gasteiger partial charge in [-0.2, -0.15) is 0 Å². The highest BCUT2D eigenvalue weighted by Gasteiger charge is 2.16. The molecule has 0 radical (unpaired) electrons. The van der Waals surface area contributed by atoms with E-state index in [-0.39, 0.29) is 23.2 Å². The van der Waals surface area contributed by atoms with Gasteiger partial charge in [0, 0.05) is 19.3 Å². The van der Waals surface area contributed by atoms with Gasteiger partial charge >= 0.3 is 0 Å². The molecule has 0 saturated heterocycles. The average molecular weight is 389 g/mol. The Kier molecular flexibility index (Phi) is 6.58. The Labute approximate surface area is 170 Å². The van der Waals surface area contributed by atoms with Crippen molar-refractivity contribution in [3.05, 3.63) is 89.7 Å². The molecular weight excluding hydrogens is 366 g/mol. The summed E-state index contributed by atoms with van der Waals surface area (Å²) in [6.45, 7) is 2.95. The van der Waals surface area contributed by atoms with Crippen molar-refractivity contribution in [2.75, 3.05) is 19.0 Å². The molecule has 0 aliphatic rings. The zero-order chi connectivity index (χ0) is 20.6. The van der Waals surface area contributed by atoms with Gasteiger partial charge in [0.15, 0.2) is 0 Å². The Morgan fingerprint density at radius 1 is 0.931 bits per heavy atom. The van der Waals surface area contributed by atoms with Crippen LogP contribution < -0.4 is 10.1 Å². The van der Waals surface area contributed by atoms with Crippen molar-refractivity contribution in [1.29, 1.82) is 0 Å². The molecule has 0 saturated carbocycles. The molecule has 0 spiro atoms. The number of nitrogens with zero attached hydrogens (tertiary/aromatic N) is 2. The van der Waals surface area contributed by atoms with Gasteiger partial charge in [0.05, 0.1) is 6.61 Å². The van der Waals surface area contributed by atoms with Gasteiger partial charge in [0.1, 0.15) is 17.1 Å². The van der Waals surface area contributed by atoms with Crippen LogP contribution in [0.25, 0.3) is 0 Å². The SMILES string of the molecule is CCOc1ccc(NC(=O)c2cccc(C(=O)N(C)Cc3ccccc3)n2)cc1. The molecule has 2 aromatic carbocycles. The molecule has 148 valence electrons. The Morgan fingerprint density at radius 3 is 2.31 bits per heavy atom. The van der Waals surface area contributed by atoms with Crippen molar-refractivity contribution in [3.63, 3.8) is 0 Å². The van der Waals surface area contributed by atoms with Crippen molar-refractivity contribution >= 4 is 17.5 Å². The van der Waals surface area contributed by atoms with Crippen LogP contribution in [0.15, 0.2) is 72.8 Å². The fraction of sp³-hybridized carbons (Fsp3) is 0.174. The molecule has 2 amide bonds. The quantitative estimate of drug-likeness (QED) is 0.663. The van der Waals surface area contributed by atoms with Gasteiger partial charge in [-0.15, -0.1) is 0 Å². The van der Waals surface area contributed by atoms with Crippen LogP contribution in [0, 0.1) is 0 Å². The highest BCUT2D eigenvalue weighted by Crippen LogP contribution is 2.16. The zero-order valence-electron chi connectivity index (χ0n) is 16.5. The second-order valence-corrected chi connectivity index (χ2v) is 6.47. The lowest BCUT2D eigenvalue weighted by Crippen LogP contribution is -2.27. The minimum absolute atomic E-state index is 0.179. The fourth-order valence-corrected chi connectivity index (χ4v) is 2.80. The van der Waals surface area contributed by atoms with E-state index in [4.69, 9.17) is 4.74 Å². The summed E-state index contributed by atoms with van der Waals surface area (Å²) in [6.07, 6.45) is 0. The molecule has 0 atom stereocenters. The zero-order valence-corrected chi connectivity index (χ0v) is 16.5. The summed E-state index contributed by atoms with van der Waals surface area (Å²) >= 11 is 0. The monoisotopic (exact) mass is 389 g/mol. The maximum absolute atomic E-state index is 12.7. The van der Waals surface area contributed by atoms with E-state index >= 15 is 0 Å². The molecule has 0 aliphatic carbocycles. The number of rotatable bonds is 7. The van der Waals surface area contributed by atoms with Gasteiger partial charge in [0.25, 0.3) is 11.8 Å². The topological polar surface area (TPSA) is 71.5 Å². The standard InChI is InChI=1S/C23H23N3O3/c1-3-29-19-14-12-18(13-15-19)24-22(27)20-10-7-11-21(25-20)23(28)26(2)16-17-8-5-4-6-9-17/h4-15H,3,16H2,1-2H3,(H,24,27). The predicted octanol–water partition coefficient (Wildman–Crippen LogP) is 4.00. The molecular formula is C23H23N3O3. The number of benzene rings is 2. The molecule has 6 nitrogen and oxygen atoms in total. The molecule has 1 heterocycles. The van der Waals surface area contributed by atoms with Crippen LogP contribution in [0.1, 0.15) is 33.5 Å². The molecule has 3 rings (SSSR count). The average Bonchev–Trinajstić information content (AvgIpc) is 2.75. The number of nitrogens with one attached hydrogen (secondary N) is 1. The van der Waals surface area contributed by atoms with Crippen LogP contribution >= 0.6 is 0 Å². The molecule has 1 N–H and O–H groups in total. The summed E-state index contributed by atoms with van der Waals surface area (Å²) in [6, 6.07) is 21.6. The van der Waals surface area contributed by atoms with E-state index in [2.05, 4.69) is 10.3 Å². The summed E-state index contributed by atoms with van der Waals surface area (Å²) in [4.78, 5) is 31.1. The molecule has 1 aromatic heterocycles. The number of carbonyl (C=O) groups excluding carboxylic acids is 2. The number of pyridine rings is 1. The van der Waals surface area contributed by atoms with Crippen LogP contribution in [0.2, 0.25) is 0 Å². The van der Waals surface area contributed by atoms with Gasteiger partial charge in [-0.25, -0.2) is 4.98 Å². The Bertz CT molecular complexity index is 972. The van der Waals surface area contributed by atoms with Gasteiger partial charge in [-0.3, -0.25) is 9.59 Å². The summed E-state index contributed by atoms with van der Waals surface area (Å²) in [5, 5.41) is 2.78. The third-order valence-corrected chi connectivity index (χ3v) is 4.23. The Morgan fingerprint density at radius 2 is 1.62 bits per heavy atom. The number of carbonyl (C=O) groups is 2. The summed E-state index contributed by atoms with van der Waals surface area (Å²) in [5.41, 5.74) is 2.05. The van der Waals surface area contributed by atoms with E-state index in [1.165, 1.54) is 0 Å². The second kappa shape index (κ2) is 9.50. The second-order valence-electron chi connectivity index (χ2n) is 6.47. The van der Waals surface area contributed by atoms with E-state index in [0.29, 0.717) is 18.8 Å². The normalized spacial score (nSPS) is 10.3. The fourth-order valence-electron chi connectivity index (χ4n) is 2.80.